The van der Waals surface area contributed by atoms with Crippen molar-refractivity contribution < 1.29 is 23.4 Å². The lowest BCUT2D eigenvalue weighted by atomic mass is 9.78. The van der Waals surface area contributed by atoms with Gasteiger partial charge < -0.3 is 9.84 Å². The Morgan fingerprint density at radius 3 is 2.85 bits per heavy atom. The van der Waals surface area contributed by atoms with Crippen LogP contribution in [0.15, 0.2) is 24.4 Å². The molecule has 2 unspecified atom stereocenters. The summed E-state index contributed by atoms with van der Waals surface area (Å²) in [4.78, 5) is 11.3. The first-order chi connectivity index (χ1) is 13.0. The van der Waals surface area contributed by atoms with Crippen LogP contribution < -0.4 is 4.74 Å². The fourth-order valence-electron chi connectivity index (χ4n) is 3.87. The number of aromatic hydroxyl groups is 1. The Morgan fingerprint density at radius 2 is 2.11 bits per heavy atom. The first-order valence-electron chi connectivity index (χ1n) is 9.21. The Morgan fingerprint density at radius 1 is 1.33 bits per heavy atom. The van der Waals surface area contributed by atoms with E-state index in [1.807, 2.05) is 0 Å². The number of hydrogen-bond donors (Lipinski definition) is 1. The molecule has 1 aliphatic carbocycles. The van der Waals surface area contributed by atoms with Crippen molar-refractivity contribution in [2.45, 2.75) is 51.5 Å². The molecular weight excluding hydrogens is 354 g/mol. The fourth-order valence-corrected chi connectivity index (χ4v) is 3.87. The summed E-state index contributed by atoms with van der Waals surface area (Å²) < 4.78 is 32.9. The molecule has 146 valence electrons. The molecule has 3 rings (SSSR count). The minimum Gasteiger partial charge on any atom is -0.507 e. The Hall–Kier alpha value is -2.44. The number of carbonyl (C=O) groups is 1. The maximum absolute atomic E-state index is 12.8. The molecule has 27 heavy (non-hydrogen) atoms. The van der Waals surface area contributed by atoms with Crippen LogP contribution in [0.5, 0.6) is 11.5 Å². The predicted molar refractivity (Wildman–Crippen MR) is 96.7 cm³/mol. The molecule has 0 aliphatic heterocycles. The minimum atomic E-state index is -2.45. The zero-order valence-electron chi connectivity index (χ0n) is 15.3. The summed E-state index contributed by atoms with van der Waals surface area (Å²) in [5.74, 6) is 0.491. The average molecular weight is 378 g/mol. The standard InChI is InChI=1S/C20H24F2N2O3/c1-13-6-7-18(16(11-25)20(13)26)27-12-14-4-2-3-5-15(14)17-8-9-23-24(17)10-19(21)22/h6-9,11,14-15,19,26H,2-5,10,12H2,1H3. The summed E-state index contributed by atoms with van der Waals surface area (Å²) in [5.41, 5.74) is 1.56. The van der Waals surface area contributed by atoms with Crippen molar-refractivity contribution in [3.8, 4) is 11.5 Å². The normalized spacial score (nSPS) is 20.0. The topological polar surface area (TPSA) is 64.4 Å². The van der Waals surface area contributed by atoms with Gasteiger partial charge in [0.25, 0.3) is 6.43 Å². The summed E-state index contributed by atoms with van der Waals surface area (Å²) in [5, 5.41) is 14.1. The summed E-state index contributed by atoms with van der Waals surface area (Å²) >= 11 is 0. The van der Waals surface area contributed by atoms with Crippen LogP contribution in [-0.4, -0.2) is 34.2 Å². The molecule has 2 atom stereocenters. The van der Waals surface area contributed by atoms with Crippen molar-refractivity contribution in [3.63, 3.8) is 0 Å². The van der Waals surface area contributed by atoms with Gasteiger partial charge in [-0.15, -0.1) is 0 Å². The first kappa shape index (κ1) is 19.3. The molecule has 0 spiro atoms. The lowest BCUT2D eigenvalue weighted by molar-refractivity contribution is 0.111. The largest absolute Gasteiger partial charge is 0.507 e. The van der Waals surface area contributed by atoms with Crippen LogP contribution in [0.3, 0.4) is 0 Å². The number of nitrogens with zero attached hydrogens (tertiary/aromatic N) is 2. The van der Waals surface area contributed by atoms with Gasteiger partial charge in [-0.3, -0.25) is 9.48 Å². The highest BCUT2D eigenvalue weighted by atomic mass is 19.3. The van der Waals surface area contributed by atoms with Gasteiger partial charge in [0.2, 0.25) is 0 Å². The minimum absolute atomic E-state index is 0.0716. The van der Waals surface area contributed by atoms with Crippen LogP contribution in [0.25, 0.3) is 0 Å². The van der Waals surface area contributed by atoms with Crippen molar-refractivity contribution in [2.75, 3.05) is 6.61 Å². The van der Waals surface area contributed by atoms with E-state index in [-0.39, 0.29) is 23.1 Å². The Bertz CT molecular complexity index is 792. The van der Waals surface area contributed by atoms with Crippen molar-refractivity contribution in [1.29, 1.82) is 0 Å². The molecule has 0 amide bonds. The third-order valence-corrected chi connectivity index (χ3v) is 5.30. The van der Waals surface area contributed by atoms with E-state index in [2.05, 4.69) is 5.10 Å². The SMILES string of the molecule is Cc1ccc(OCC2CCCCC2c2ccnn2CC(F)F)c(C=O)c1O. The highest BCUT2D eigenvalue weighted by molar-refractivity contribution is 5.84. The van der Waals surface area contributed by atoms with Gasteiger partial charge >= 0.3 is 0 Å². The van der Waals surface area contributed by atoms with Crippen LogP contribution in [0.4, 0.5) is 8.78 Å². The smallest absolute Gasteiger partial charge is 0.257 e. The molecule has 0 saturated heterocycles. The molecule has 1 saturated carbocycles. The third-order valence-electron chi connectivity index (χ3n) is 5.30. The second-order valence-electron chi connectivity index (χ2n) is 7.05. The molecule has 1 N–H and O–H groups in total. The van der Waals surface area contributed by atoms with E-state index >= 15 is 0 Å². The van der Waals surface area contributed by atoms with Crippen molar-refractivity contribution >= 4 is 6.29 Å². The van der Waals surface area contributed by atoms with Crippen LogP contribution >= 0.6 is 0 Å². The molecule has 0 bridgehead atoms. The molecule has 7 heteroatoms. The number of aldehydes is 1. The number of phenols is 1. The van der Waals surface area contributed by atoms with E-state index in [9.17, 15) is 18.7 Å². The zero-order valence-corrected chi connectivity index (χ0v) is 15.3. The molecule has 1 fully saturated rings. The number of ether oxygens (including phenoxy) is 1. The first-order valence-corrected chi connectivity index (χ1v) is 9.21. The van der Waals surface area contributed by atoms with E-state index in [0.29, 0.717) is 24.2 Å². The van der Waals surface area contributed by atoms with Gasteiger partial charge in [0, 0.05) is 23.7 Å². The second-order valence-corrected chi connectivity index (χ2v) is 7.05. The number of aryl methyl sites for hydroxylation is 1. The van der Waals surface area contributed by atoms with E-state index in [0.717, 1.165) is 31.4 Å². The van der Waals surface area contributed by atoms with Crippen molar-refractivity contribution in [2.24, 2.45) is 5.92 Å². The number of halogens is 2. The monoisotopic (exact) mass is 378 g/mol. The number of carbonyl (C=O) groups excluding carboxylic acids is 1. The number of benzene rings is 1. The number of rotatable bonds is 7. The van der Waals surface area contributed by atoms with Gasteiger partial charge in [-0.25, -0.2) is 8.78 Å². The van der Waals surface area contributed by atoms with Crippen molar-refractivity contribution in [3.05, 3.63) is 41.2 Å². The van der Waals surface area contributed by atoms with Gasteiger partial charge in [0.05, 0.1) is 12.2 Å². The van der Waals surface area contributed by atoms with Gasteiger partial charge in [-0.1, -0.05) is 18.9 Å². The van der Waals surface area contributed by atoms with E-state index in [4.69, 9.17) is 4.74 Å². The van der Waals surface area contributed by atoms with Crippen LogP contribution in [0.1, 0.15) is 53.2 Å². The van der Waals surface area contributed by atoms with Gasteiger partial charge in [-0.05, 0) is 37.5 Å². The maximum atomic E-state index is 12.8. The Labute approximate surface area is 157 Å². The Kier molecular flexibility index (Phi) is 6.08. The highest BCUT2D eigenvalue weighted by Crippen LogP contribution is 2.39. The highest BCUT2D eigenvalue weighted by Gasteiger charge is 2.30. The number of phenolic OH excluding ortho intramolecular Hbond substituents is 1. The molecule has 1 aromatic carbocycles. The van der Waals surface area contributed by atoms with Crippen molar-refractivity contribution in [1.82, 2.24) is 9.78 Å². The van der Waals surface area contributed by atoms with Gasteiger partial charge in [0.15, 0.2) is 6.29 Å². The average Bonchev–Trinajstić information content (AvgIpc) is 3.10. The number of hydrogen-bond acceptors (Lipinski definition) is 4. The predicted octanol–water partition coefficient (Wildman–Crippen LogP) is 4.33. The molecule has 0 radical (unpaired) electrons. The Balaban J connectivity index is 1.77. The van der Waals surface area contributed by atoms with Gasteiger partial charge in [-0.2, -0.15) is 5.10 Å². The summed E-state index contributed by atoms with van der Waals surface area (Å²) in [6.45, 7) is 1.66. The lowest BCUT2D eigenvalue weighted by Gasteiger charge is -2.32. The maximum Gasteiger partial charge on any atom is 0.257 e. The molecule has 2 aromatic rings. The molecule has 5 nitrogen and oxygen atoms in total. The summed E-state index contributed by atoms with van der Waals surface area (Å²) in [7, 11) is 0. The molecule has 1 heterocycles. The molecule has 1 aliphatic rings. The zero-order chi connectivity index (χ0) is 19.4. The van der Waals surface area contributed by atoms with Gasteiger partial charge in [0.1, 0.15) is 18.0 Å². The third kappa shape index (κ3) is 4.28. The van der Waals surface area contributed by atoms with E-state index < -0.39 is 13.0 Å². The van der Waals surface area contributed by atoms with E-state index in [1.54, 1.807) is 31.3 Å². The summed E-state index contributed by atoms with van der Waals surface area (Å²) in [6.07, 6.45) is 3.59. The quantitative estimate of drug-likeness (QED) is 0.729. The number of aromatic nitrogens is 2. The van der Waals surface area contributed by atoms with E-state index in [1.165, 1.54) is 4.68 Å². The lowest BCUT2D eigenvalue weighted by Crippen LogP contribution is -2.27. The molecular formula is C20H24F2N2O3. The second kappa shape index (κ2) is 8.50. The van der Waals surface area contributed by atoms with Crippen LogP contribution in [-0.2, 0) is 6.54 Å². The summed E-state index contributed by atoms with van der Waals surface area (Å²) in [6, 6.07) is 5.19. The van der Waals surface area contributed by atoms with Crippen LogP contribution in [0.2, 0.25) is 0 Å². The molecule has 1 aromatic heterocycles. The fraction of sp³-hybridized carbons (Fsp3) is 0.500. The number of alkyl halides is 2. The van der Waals surface area contributed by atoms with Crippen LogP contribution in [0, 0.1) is 12.8 Å².